The SMILES string of the molecule is CCCOc1cc(O)ccc1C(=O)OC[C@H](C)N(C)C. The topological polar surface area (TPSA) is 59.0 Å². The Morgan fingerprint density at radius 1 is 1.40 bits per heavy atom. The Morgan fingerprint density at radius 2 is 2.10 bits per heavy atom. The number of carbonyl (C=O) groups excluding carboxylic acids is 1. The van der Waals surface area contributed by atoms with Crippen molar-refractivity contribution in [2.24, 2.45) is 0 Å². The van der Waals surface area contributed by atoms with E-state index in [1.54, 1.807) is 0 Å². The third-order valence-electron chi connectivity index (χ3n) is 2.98. The average Bonchev–Trinajstić information content (AvgIpc) is 2.42. The summed E-state index contributed by atoms with van der Waals surface area (Å²) in [6.45, 7) is 4.73. The third kappa shape index (κ3) is 4.74. The number of aromatic hydroxyl groups is 1. The second-order valence-electron chi connectivity index (χ2n) is 4.94. The van der Waals surface area contributed by atoms with Gasteiger partial charge in [0.15, 0.2) is 0 Å². The lowest BCUT2D eigenvalue weighted by Crippen LogP contribution is -2.30. The molecule has 1 aromatic carbocycles. The van der Waals surface area contributed by atoms with Crippen LogP contribution in [-0.4, -0.2) is 49.3 Å². The normalized spacial score (nSPS) is 12.2. The first-order chi connectivity index (χ1) is 9.45. The molecule has 0 aromatic heterocycles. The standard InChI is InChI=1S/C15H23NO4/c1-5-8-19-14-9-12(17)6-7-13(14)15(18)20-10-11(2)16(3)4/h6-7,9,11,17H,5,8,10H2,1-4H3/t11-/m0/s1. The first-order valence-electron chi connectivity index (χ1n) is 6.75. The highest BCUT2D eigenvalue weighted by Crippen LogP contribution is 2.25. The molecule has 0 radical (unpaired) electrons. The largest absolute Gasteiger partial charge is 0.508 e. The van der Waals surface area contributed by atoms with Gasteiger partial charge in [-0.3, -0.25) is 0 Å². The van der Waals surface area contributed by atoms with Gasteiger partial charge in [-0.05, 0) is 39.6 Å². The van der Waals surface area contributed by atoms with Crippen LogP contribution in [0, 0.1) is 0 Å². The van der Waals surface area contributed by atoms with Crippen molar-refractivity contribution in [2.75, 3.05) is 27.3 Å². The molecule has 0 bridgehead atoms. The number of phenolic OH excluding ortho intramolecular Hbond substituents is 1. The Kier molecular flexibility index (Phi) is 6.31. The van der Waals surface area contributed by atoms with Crippen molar-refractivity contribution in [3.63, 3.8) is 0 Å². The predicted octanol–water partition coefficient (Wildman–Crippen LogP) is 2.29. The van der Waals surface area contributed by atoms with Gasteiger partial charge in [0.05, 0.1) is 6.61 Å². The quantitative estimate of drug-likeness (QED) is 0.777. The molecule has 0 aliphatic carbocycles. The van der Waals surface area contributed by atoms with Gasteiger partial charge in [0.25, 0.3) is 0 Å². The lowest BCUT2D eigenvalue weighted by molar-refractivity contribution is 0.0412. The van der Waals surface area contributed by atoms with Gasteiger partial charge >= 0.3 is 5.97 Å². The summed E-state index contributed by atoms with van der Waals surface area (Å²) in [7, 11) is 3.85. The van der Waals surface area contributed by atoms with Crippen LogP contribution >= 0.6 is 0 Å². The van der Waals surface area contributed by atoms with E-state index in [0.717, 1.165) is 6.42 Å². The van der Waals surface area contributed by atoms with Crippen molar-refractivity contribution < 1.29 is 19.4 Å². The Balaban J connectivity index is 2.76. The molecule has 0 saturated heterocycles. The number of ether oxygens (including phenoxy) is 2. The monoisotopic (exact) mass is 281 g/mol. The molecule has 0 spiro atoms. The first-order valence-corrected chi connectivity index (χ1v) is 6.75. The van der Waals surface area contributed by atoms with Crippen LogP contribution < -0.4 is 4.74 Å². The van der Waals surface area contributed by atoms with Crippen molar-refractivity contribution in [3.8, 4) is 11.5 Å². The third-order valence-corrected chi connectivity index (χ3v) is 2.98. The number of phenols is 1. The Labute approximate surface area is 120 Å². The zero-order valence-corrected chi connectivity index (χ0v) is 12.5. The van der Waals surface area contributed by atoms with Crippen molar-refractivity contribution in [1.29, 1.82) is 0 Å². The average molecular weight is 281 g/mol. The molecule has 1 atom stereocenters. The summed E-state index contributed by atoms with van der Waals surface area (Å²) < 4.78 is 10.7. The zero-order chi connectivity index (χ0) is 15.1. The number of nitrogens with zero attached hydrogens (tertiary/aromatic N) is 1. The fourth-order valence-corrected chi connectivity index (χ4v) is 1.43. The molecule has 1 N–H and O–H groups in total. The molecule has 0 unspecified atom stereocenters. The molecule has 0 heterocycles. The van der Waals surface area contributed by atoms with Crippen molar-refractivity contribution in [3.05, 3.63) is 23.8 Å². The van der Waals surface area contributed by atoms with Crippen LogP contribution in [0.15, 0.2) is 18.2 Å². The van der Waals surface area contributed by atoms with Gasteiger partial charge in [0, 0.05) is 12.1 Å². The summed E-state index contributed by atoms with van der Waals surface area (Å²) in [4.78, 5) is 14.0. The van der Waals surface area contributed by atoms with Crippen molar-refractivity contribution >= 4 is 5.97 Å². The summed E-state index contributed by atoms with van der Waals surface area (Å²) in [5.74, 6) is -0.0199. The number of esters is 1. The number of hydrogen-bond donors (Lipinski definition) is 1. The second kappa shape index (κ2) is 7.75. The maximum absolute atomic E-state index is 12.1. The zero-order valence-electron chi connectivity index (χ0n) is 12.5. The molecule has 5 heteroatoms. The molecule has 1 rings (SSSR count). The molecule has 0 fully saturated rings. The number of benzene rings is 1. The maximum atomic E-state index is 12.1. The molecule has 112 valence electrons. The van der Waals surface area contributed by atoms with E-state index in [1.165, 1.54) is 18.2 Å². The minimum absolute atomic E-state index is 0.0642. The molecule has 0 saturated carbocycles. The summed E-state index contributed by atoms with van der Waals surface area (Å²) >= 11 is 0. The highest BCUT2D eigenvalue weighted by molar-refractivity contribution is 5.92. The van der Waals surface area contributed by atoms with E-state index in [4.69, 9.17) is 9.47 Å². The molecular weight excluding hydrogens is 258 g/mol. The lowest BCUT2D eigenvalue weighted by atomic mass is 10.2. The van der Waals surface area contributed by atoms with Crippen LogP contribution in [-0.2, 0) is 4.74 Å². The molecule has 20 heavy (non-hydrogen) atoms. The number of likely N-dealkylation sites (N-methyl/N-ethyl adjacent to an activating group) is 1. The smallest absolute Gasteiger partial charge is 0.341 e. The summed E-state index contributed by atoms with van der Waals surface area (Å²) in [6, 6.07) is 4.53. The summed E-state index contributed by atoms with van der Waals surface area (Å²) in [5, 5.41) is 9.47. The molecular formula is C15H23NO4. The van der Waals surface area contributed by atoms with E-state index < -0.39 is 5.97 Å². The van der Waals surface area contributed by atoms with Crippen molar-refractivity contribution in [1.82, 2.24) is 4.90 Å². The second-order valence-corrected chi connectivity index (χ2v) is 4.94. The molecule has 0 amide bonds. The Hall–Kier alpha value is -1.75. The van der Waals surface area contributed by atoms with Gasteiger partial charge in [0.2, 0.25) is 0 Å². The highest BCUT2D eigenvalue weighted by atomic mass is 16.5. The number of rotatable bonds is 7. The van der Waals surface area contributed by atoms with E-state index in [9.17, 15) is 9.90 Å². The van der Waals surface area contributed by atoms with Gasteiger partial charge in [-0.1, -0.05) is 6.92 Å². The summed E-state index contributed by atoms with van der Waals surface area (Å²) in [6.07, 6.45) is 0.821. The van der Waals surface area contributed by atoms with E-state index in [1.807, 2.05) is 32.8 Å². The Morgan fingerprint density at radius 3 is 2.70 bits per heavy atom. The number of carbonyl (C=O) groups is 1. The van der Waals surface area contributed by atoms with E-state index in [0.29, 0.717) is 24.5 Å². The predicted molar refractivity (Wildman–Crippen MR) is 77.3 cm³/mol. The summed E-state index contributed by atoms with van der Waals surface area (Å²) in [5.41, 5.74) is 0.335. The van der Waals surface area contributed by atoms with Gasteiger partial charge in [-0.2, -0.15) is 0 Å². The maximum Gasteiger partial charge on any atom is 0.341 e. The first kappa shape index (κ1) is 16.3. The van der Waals surface area contributed by atoms with Gasteiger partial charge in [0.1, 0.15) is 23.7 Å². The minimum Gasteiger partial charge on any atom is -0.508 e. The Bertz CT molecular complexity index is 445. The van der Waals surface area contributed by atoms with Gasteiger partial charge in [-0.15, -0.1) is 0 Å². The van der Waals surface area contributed by atoms with Crippen LogP contribution in [0.2, 0.25) is 0 Å². The van der Waals surface area contributed by atoms with E-state index >= 15 is 0 Å². The van der Waals surface area contributed by atoms with Gasteiger partial charge in [-0.25, -0.2) is 4.79 Å². The van der Waals surface area contributed by atoms with Crippen LogP contribution in [0.3, 0.4) is 0 Å². The number of hydrogen-bond acceptors (Lipinski definition) is 5. The van der Waals surface area contributed by atoms with E-state index in [2.05, 4.69) is 0 Å². The fraction of sp³-hybridized carbons (Fsp3) is 0.533. The molecule has 0 aliphatic heterocycles. The van der Waals surface area contributed by atoms with Crippen LogP contribution in [0.5, 0.6) is 11.5 Å². The van der Waals surface area contributed by atoms with Crippen LogP contribution in [0.4, 0.5) is 0 Å². The molecule has 0 aliphatic rings. The lowest BCUT2D eigenvalue weighted by Gasteiger charge is -2.19. The molecule has 1 aromatic rings. The fourth-order valence-electron chi connectivity index (χ4n) is 1.43. The van der Waals surface area contributed by atoms with Crippen molar-refractivity contribution in [2.45, 2.75) is 26.3 Å². The van der Waals surface area contributed by atoms with Gasteiger partial charge < -0.3 is 19.5 Å². The van der Waals surface area contributed by atoms with Crippen LogP contribution in [0.1, 0.15) is 30.6 Å². The highest BCUT2D eigenvalue weighted by Gasteiger charge is 2.16. The van der Waals surface area contributed by atoms with Crippen LogP contribution in [0.25, 0.3) is 0 Å². The minimum atomic E-state index is -0.440. The van der Waals surface area contributed by atoms with E-state index in [-0.39, 0.29) is 11.8 Å². The molecule has 5 nitrogen and oxygen atoms in total.